The molecule has 0 saturated heterocycles. The number of methoxy groups -OCH3 is 2. The number of carbonyl (C=O) groups is 1. The number of aliphatic hydroxyl groups is 1. The van der Waals surface area contributed by atoms with E-state index in [9.17, 15) is 9.90 Å². The number of hydrogen-bond acceptors (Lipinski definition) is 5. The van der Waals surface area contributed by atoms with E-state index in [2.05, 4.69) is 5.32 Å². The van der Waals surface area contributed by atoms with E-state index in [0.717, 1.165) is 22.4 Å². The average molecular weight is 295 g/mol. The molecule has 1 aromatic carbocycles. The van der Waals surface area contributed by atoms with Gasteiger partial charge in [0.25, 0.3) is 0 Å². The predicted octanol–water partition coefficient (Wildman–Crippen LogP) is 1.89. The molecule has 0 aliphatic heterocycles. The van der Waals surface area contributed by atoms with Gasteiger partial charge in [0.1, 0.15) is 5.75 Å². The lowest BCUT2D eigenvalue weighted by Gasteiger charge is -2.26. The van der Waals surface area contributed by atoms with E-state index in [0.29, 0.717) is 6.54 Å². The lowest BCUT2D eigenvalue weighted by atomic mass is 9.92. The fourth-order valence-corrected chi connectivity index (χ4v) is 2.54. The Morgan fingerprint density at radius 2 is 1.86 bits per heavy atom. The quantitative estimate of drug-likeness (QED) is 0.752. The van der Waals surface area contributed by atoms with Gasteiger partial charge in [-0.25, -0.2) is 0 Å². The highest BCUT2D eigenvalue weighted by molar-refractivity contribution is 5.70. The number of nitrogens with one attached hydrogen (secondary N) is 1. The maximum atomic E-state index is 11.5. The van der Waals surface area contributed by atoms with Crippen molar-refractivity contribution in [1.29, 1.82) is 0 Å². The van der Waals surface area contributed by atoms with Gasteiger partial charge in [-0.3, -0.25) is 4.79 Å². The zero-order valence-electron chi connectivity index (χ0n) is 13.4. The van der Waals surface area contributed by atoms with E-state index in [4.69, 9.17) is 9.47 Å². The van der Waals surface area contributed by atoms with Crippen LogP contribution in [-0.4, -0.2) is 37.9 Å². The number of hydrogen-bond donors (Lipinski definition) is 2. The number of esters is 1. The van der Waals surface area contributed by atoms with E-state index in [1.165, 1.54) is 7.11 Å². The molecule has 0 radical (unpaired) electrons. The summed E-state index contributed by atoms with van der Waals surface area (Å²) in [5, 5.41) is 13.8. The van der Waals surface area contributed by atoms with Crippen molar-refractivity contribution in [2.75, 3.05) is 20.8 Å². The van der Waals surface area contributed by atoms with Crippen LogP contribution in [0.15, 0.2) is 12.1 Å². The second-order valence-electron chi connectivity index (χ2n) is 5.06. The molecule has 0 aromatic heterocycles. The molecule has 0 bridgehead atoms. The van der Waals surface area contributed by atoms with Crippen molar-refractivity contribution in [2.24, 2.45) is 0 Å². The summed E-state index contributed by atoms with van der Waals surface area (Å²) in [6.45, 7) is 6.45. The summed E-state index contributed by atoms with van der Waals surface area (Å²) in [6, 6.07) is 3.38. The Kier molecular flexibility index (Phi) is 6.65. The SMILES string of the molecule is CCNC(CC(=O)OC)C(O)c1c(C)cc(OC)cc1C. The van der Waals surface area contributed by atoms with Gasteiger partial charge in [0.05, 0.1) is 26.7 Å². The van der Waals surface area contributed by atoms with Gasteiger partial charge in [0.15, 0.2) is 0 Å². The molecule has 0 aliphatic rings. The van der Waals surface area contributed by atoms with Gasteiger partial charge in [-0.05, 0) is 49.2 Å². The molecule has 0 aliphatic carbocycles. The third-order valence-electron chi connectivity index (χ3n) is 3.56. The second-order valence-corrected chi connectivity index (χ2v) is 5.06. The molecule has 2 unspecified atom stereocenters. The van der Waals surface area contributed by atoms with Crippen molar-refractivity contribution in [1.82, 2.24) is 5.32 Å². The minimum atomic E-state index is -0.782. The van der Waals surface area contributed by atoms with Gasteiger partial charge in [-0.15, -0.1) is 0 Å². The highest BCUT2D eigenvalue weighted by atomic mass is 16.5. The highest BCUT2D eigenvalue weighted by Crippen LogP contribution is 2.29. The first-order valence-electron chi connectivity index (χ1n) is 7.07. The summed E-state index contributed by atoms with van der Waals surface area (Å²) in [7, 11) is 2.96. The van der Waals surface area contributed by atoms with Gasteiger partial charge >= 0.3 is 5.97 Å². The van der Waals surface area contributed by atoms with Gasteiger partial charge in [-0.1, -0.05) is 6.92 Å². The molecule has 2 atom stereocenters. The molecule has 0 spiro atoms. The molecule has 5 nitrogen and oxygen atoms in total. The van der Waals surface area contributed by atoms with Crippen LogP contribution < -0.4 is 10.1 Å². The Labute approximate surface area is 126 Å². The smallest absolute Gasteiger partial charge is 0.307 e. The molecule has 21 heavy (non-hydrogen) atoms. The summed E-state index contributed by atoms with van der Waals surface area (Å²) < 4.78 is 9.93. The van der Waals surface area contributed by atoms with E-state index in [-0.39, 0.29) is 18.4 Å². The number of aliphatic hydroxyl groups excluding tert-OH is 1. The largest absolute Gasteiger partial charge is 0.497 e. The van der Waals surface area contributed by atoms with Crippen LogP contribution in [0.5, 0.6) is 5.75 Å². The van der Waals surface area contributed by atoms with Crippen LogP contribution in [0.4, 0.5) is 0 Å². The van der Waals surface area contributed by atoms with Crippen molar-refractivity contribution < 1.29 is 19.4 Å². The number of ether oxygens (including phenoxy) is 2. The first kappa shape index (κ1) is 17.5. The Hall–Kier alpha value is -1.59. The predicted molar refractivity (Wildman–Crippen MR) is 81.5 cm³/mol. The van der Waals surface area contributed by atoms with Crippen molar-refractivity contribution in [3.63, 3.8) is 0 Å². The molecule has 2 N–H and O–H groups in total. The zero-order chi connectivity index (χ0) is 16.0. The minimum absolute atomic E-state index is 0.121. The third-order valence-corrected chi connectivity index (χ3v) is 3.56. The van der Waals surface area contributed by atoms with Gasteiger partial charge in [0.2, 0.25) is 0 Å². The molecule has 1 aromatic rings. The van der Waals surface area contributed by atoms with Crippen molar-refractivity contribution in [3.05, 3.63) is 28.8 Å². The summed E-state index contributed by atoms with van der Waals surface area (Å²) in [4.78, 5) is 11.5. The molecule has 1 rings (SSSR count). The average Bonchev–Trinajstić information content (AvgIpc) is 2.45. The van der Waals surface area contributed by atoms with Crippen LogP contribution in [0.3, 0.4) is 0 Å². The van der Waals surface area contributed by atoms with Gasteiger partial charge < -0.3 is 19.9 Å². The molecular formula is C16H25NO4. The fraction of sp³-hybridized carbons (Fsp3) is 0.562. The Morgan fingerprint density at radius 1 is 1.29 bits per heavy atom. The Balaban J connectivity index is 3.08. The number of benzene rings is 1. The zero-order valence-corrected chi connectivity index (χ0v) is 13.4. The lowest BCUT2D eigenvalue weighted by molar-refractivity contribution is -0.142. The topological polar surface area (TPSA) is 67.8 Å². The van der Waals surface area contributed by atoms with E-state index in [1.54, 1.807) is 7.11 Å². The van der Waals surface area contributed by atoms with E-state index >= 15 is 0 Å². The fourth-order valence-electron chi connectivity index (χ4n) is 2.54. The van der Waals surface area contributed by atoms with Gasteiger partial charge in [-0.2, -0.15) is 0 Å². The molecular weight excluding hydrogens is 270 g/mol. The number of aryl methyl sites for hydroxylation is 2. The summed E-state index contributed by atoms with van der Waals surface area (Å²) in [5.74, 6) is 0.415. The maximum Gasteiger partial charge on any atom is 0.307 e. The Bertz CT molecular complexity index is 464. The summed E-state index contributed by atoms with van der Waals surface area (Å²) in [6.07, 6.45) is -0.661. The van der Waals surface area contributed by atoms with Gasteiger partial charge in [0, 0.05) is 6.04 Å². The summed E-state index contributed by atoms with van der Waals surface area (Å²) >= 11 is 0. The second kappa shape index (κ2) is 8.00. The van der Waals surface area contributed by atoms with Crippen molar-refractivity contribution in [3.8, 4) is 5.75 Å². The van der Waals surface area contributed by atoms with Crippen molar-refractivity contribution >= 4 is 5.97 Å². The van der Waals surface area contributed by atoms with Crippen LogP contribution in [0.1, 0.15) is 36.1 Å². The standard InChI is InChI=1S/C16H25NO4/c1-6-17-13(9-14(18)21-5)16(19)15-10(2)7-12(20-4)8-11(15)3/h7-8,13,16-17,19H,6,9H2,1-5H3. The van der Waals surface area contributed by atoms with Crippen LogP contribution in [0, 0.1) is 13.8 Å². The number of likely N-dealkylation sites (N-methyl/N-ethyl adjacent to an activating group) is 1. The molecule has 0 amide bonds. The highest BCUT2D eigenvalue weighted by Gasteiger charge is 2.26. The van der Waals surface area contributed by atoms with Crippen LogP contribution in [-0.2, 0) is 9.53 Å². The first-order chi connectivity index (χ1) is 9.94. The monoisotopic (exact) mass is 295 g/mol. The van der Waals surface area contributed by atoms with Crippen LogP contribution in [0.25, 0.3) is 0 Å². The first-order valence-corrected chi connectivity index (χ1v) is 7.07. The minimum Gasteiger partial charge on any atom is -0.497 e. The number of carbonyl (C=O) groups excluding carboxylic acids is 1. The molecule has 5 heteroatoms. The van der Waals surface area contributed by atoms with Crippen molar-refractivity contribution in [2.45, 2.75) is 39.3 Å². The number of rotatable bonds is 7. The van der Waals surface area contributed by atoms with Crippen LogP contribution in [0.2, 0.25) is 0 Å². The molecule has 0 heterocycles. The summed E-state index contributed by atoms with van der Waals surface area (Å²) in [5.41, 5.74) is 2.70. The molecule has 118 valence electrons. The molecule has 0 fully saturated rings. The lowest BCUT2D eigenvalue weighted by Crippen LogP contribution is -2.37. The van der Waals surface area contributed by atoms with Crippen LogP contribution >= 0.6 is 0 Å². The normalized spacial score (nSPS) is 13.6. The Morgan fingerprint density at radius 3 is 2.29 bits per heavy atom. The maximum absolute atomic E-state index is 11.5. The third kappa shape index (κ3) is 4.44. The van der Waals surface area contributed by atoms with E-state index in [1.807, 2.05) is 32.9 Å². The van der Waals surface area contributed by atoms with E-state index < -0.39 is 6.10 Å². The molecule has 0 saturated carbocycles.